The normalized spacial score (nSPS) is 10.2. The summed E-state index contributed by atoms with van der Waals surface area (Å²) in [5.74, 6) is 0.541. The van der Waals surface area contributed by atoms with Crippen molar-refractivity contribution in [3.63, 3.8) is 0 Å². The van der Waals surface area contributed by atoms with Gasteiger partial charge in [0.2, 0.25) is 6.67 Å². The van der Waals surface area contributed by atoms with E-state index in [4.69, 9.17) is 4.74 Å². The number of ether oxygens (including phenoxy) is 1. The highest BCUT2D eigenvalue weighted by Crippen LogP contribution is 2.14. The third kappa shape index (κ3) is 5.16. The lowest BCUT2D eigenvalue weighted by molar-refractivity contribution is -0.702. The van der Waals surface area contributed by atoms with Crippen LogP contribution in [-0.4, -0.2) is 5.91 Å². The molecule has 5 heteroatoms. The average molecular weight is 334 g/mol. The molecule has 0 atom stereocenters. The van der Waals surface area contributed by atoms with Gasteiger partial charge >= 0.3 is 0 Å². The van der Waals surface area contributed by atoms with E-state index >= 15 is 0 Å². The van der Waals surface area contributed by atoms with Crippen LogP contribution in [0.2, 0.25) is 0 Å². The quantitative estimate of drug-likeness (QED) is 0.515. The van der Waals surface area contributed by atoms with Crippen LogP contribution in [0, 0.1) is 0 Å². The van der Waals surface area contributed by atoms with E-state index in [1.165, 1.54) is 0 Å². The summed E-state index contributed by atoms with van der Waals surface area (Å²) in [4.78, 5) is 12.1. The zero-order chi connectivity index (χ0) is 17.3. The minimum absolute atomic E-state index is 0.189. The maximum Gasteiger partial charge on any atom is 0.265 e. The Balaban J connectivity index is 1.47. The number of aromatic nitrogens is 1. The van der Waals surface area contributed by atoms with E-state index in [-0.39, 0.29) is 5.91 Å². The molecule has 25 heavy (non-hydrogen) atoms. The molecule has 1 heterocycles. The second-order valence-electron chi connectivity index (χ2n) is 5.48. The molecule has 0 unspecified atom stereocenters. The molecule has 0 bridgehead atoms. The third-order valence-electron chi connectivity index (χ3n) is 3.61. The fourth-order valence-corrected chi connectivity index (χ4v) is 2.27. The van der Waals surface area contributed by atoms with Crippen molar-refractivity contribution in [3.05, 3.63) is 96.3 Å². The smallest absolute Gasteiger partial charge is 0.265 e. The molecule has 1 amide bonds. The summed E-state index contributed by atoms with van der Waals surface area (Å²) < 4.78 is 7.63. The van der Waals surface area contributed by atoms with Crippen LogP contribution in [0.1, 0.15) is 15.9 Å². The Morgan fingerprint density at radius 2 is 1.56 bits per heavy atom. The molecule has 0 aliphatic carbocycles. The average Bonchev–Trinajstić information content (AvgIpc) is 2.68. The van der Waals surface area contributed by atoms with E-state index in [1.807, 2.05) is 65.5 Å². The minimum atomic E-state index is -0.189. The molecule has 0 fully saturated rings. The number of hydrogen-bond donors (Lipinski definition) is 2. The first-order chi connectivity index (χ1) is 12.3. The molecule has 0 spiro atoms. The molecule has 3 aromatic rings. The van der Waals surface area contributed by atoms with Crippen LogP contribution < -0.4 is 20.2 Å². The lowest BCUT2D eigenvalue weighted by Gasteiger charge is -2.08. The van der Waals surface area contributed by atoms with E-state index in [0.717, 1.165) is 11.3 Å². The van der Waals surface area contributed by atoms with Crippen molar-refractivity contribution < 1.29 is 14.1 Å². The van der Waals surface area contributed by atoms with Gasteiger partial charge in [0.05, 0.1) is 0 Å². The van der Waals surface area contributed by atoms with E-state index in [1.54, 1.807) is 24.3 Å². The second kappa shape index (κ2) is 8.61. The molecule has 2 N–H and O–H groups in total. The lowest BCUT2D eigenvalue weighted by atomic mass is 10.2. The van der Waals surface area contributed by atoms with Crippen molar-refractivity contribution in [2.45, 2.75) is 13.3 Å². The van der Waals surface area contributed by atoms with E-state index in [9.17, 15) is 4.79 Å². The fourth-order valence-electron chi connectivity index (χ4n) is 2.27. The number of carbonyl (C=O) groups is 1. The molecule has 0 radical (unpaired) electrons. The largest absolute Gasteiger partial charge is 0.489 e. The number of benzene rings is 2. The first kappa shape index (κ1) is 16.7. The molecular weight excluding hydrogens is 314 g/mol. The Labute approximate surface area is 146 Å². The third-order valence-corrected chi connectivity index (χ3v) is 3.61. The van der Waals surface area contributed by atoms with Crippen molar-refractivity contribution in [1.82, 2.24) is 10.9 Å². The molecular formula is C20H20N3O2+. The topological polar surface area (TPSA) is 54.2 Å². The maximum atomic E-state index is 12.1. The minimum Gasteiger partial charge on any atom is -0.489 e. The van der Waals surface area contributed by atoms with Crippen LogP contribution >= 0.6 is 0 Å². The van der Waals surface area contributed by atoms with Gasteiger partial charge in [0.1, 0.15) is 12.4 Å². The number of carbonyl (C=O) groups excluding carboxylic acids is 1. The van der Waals surface area contributed by atoms with Crippen LogP contribution in [0.3, 0.4) is 0 Å². The molecule has 126 valence electrons. The summed E-state index contributed by atoms with van der Waals surface area (Å²) in [6.07, 6.45) is 3.83. The molecule has 0 aliphatic heterocycles. The number of hydrogen-bond acceptors (Lipinski definition) is 3. The van der Waals surface area contributed by atoms with Gasteiger partial charge in [0.25, 0.3) is 5.91 Å². The van der Waals surface area contributed by atoms with Gasteiger partial charge in [0.15, 0.2) is 12.4 Å². The van der Waals surface area contributed by atoms with E-state index < -0.39 is 0 Å². The van der Waals surface area contributed by atoms with Crippen LogP contribution in [0.4, 0.5) is 0 Å². The van der Waals surface area contributed by atoms with Crippen LogP contribution in [0.25, 0.3) is 0 Å². The maximum absolute atomic E-state index is 12.1. The highest BCUT2D eigenvalue weighted by atomic mass is 16.5. The molecule has 0 saturated heterocycles. The summed E-state index contributed by atoms with van der Waals surface area (Å²) in [5.41, 5.74) is 7.24. The molecule has 3 rings (SSSR count). The Hall–Kier alpha value is -3.18. The van der Waals surface area contributed by atoms with E-state index in [0.29, 0.717) is 18.8 Å². The van der Waals surface area contributed by atoms with E-state index in [2.05, 4.69) is 10.9 Å². The summed E-state index contributed by atoms with van der Waals surface area (Å²) in [5, 5.41) is 0. The zero-order valence-electron chi connectivity index (χ0n) is 13.8. The monoisotopic (exact) mass is 334 g/mol. The predicted octanol–water partition coefficient (Wildman–Crippen LogP) is 2.45. The van der Waals surface area contributed by atoms with Crippen molar-refractivity contribution in [3.8, 4) is 5.75 Å². The predicted molar refractivity (Wildman–Crippen MR) is 94.5 cm³/mol. The number of amides is 1. The highest BCUT2D eigenvalue weighted by Gasteiger charge is 2.06. The number of hydrazine groups is 1. The summed E-state index contributed by atoms with van der Waals surface area (Å²) >= 11 is 0. The highest BCUT2D eigenvalue weighted by molar-refractivity contribution is 5.93. The van der Waals surface area contributed by atoms with Gasteiger partial charge in [-0.3, -0.25) is 10.2 Å². The molecule has 0 saturated carbocycles. The van der Waals surface area contributed by atoms with Crippen molar-refractivity contribution in [2.24, 2.45) is 0 Å². The molecule has 0 aliphatic rings. The van der Waals surface area contributed by atoms with Gasteiger partial charge in [-0.1, -0.05) is 36.4 Å². The lowest BCUT2D eigenvalue weighted by Crippen LogP contribution is -2.48. The first-order valence-electron chi connectivity index (χ1n) is 8.05. The standard InChI is InChI=1S/C20H19N3O2/c24-20(22-21-16-23-13-5-2-6-14-23)18-9-11-19(12-10-18)25-15-17-7-3-1-4-8-17/h1-14,21H,15-16H2/p+1. The Kier molecular flexibility index (Phi) is 5.74. The number of nitrogens with one attached hydrogen (secondary N) is 2. The number of pyridine rings is 1. The number of rotatable bonds is 7. The SMILES string of the molecule is O=C(NNC[n+]1ccccc1)c1ccc(OCc2ccccc2)cc1. The molecule has 2 aromatic carbocycles. The van der Waals surface area contributed by atoms with Crippen molar-refractivity contribution in [1.29, 1.82) is 0 Å². The van der Waals surface area contributed by atoms with Crippen molar-refractivity contribution in [2.75, 3.05) is 0 Å². The van der Waals surface area contributed by atoms with Crippen molar-refractivity contribution >= 4 is 5.91 Å². The van der Waals surface area contributed by atoms with Crippen LogP contribution in [0.5, 0.6) is 5.75 Å². The summed E-state index contributed by atoms with van der Waals surface area (Å²) in [7, 11) is 0. The van der Waals surface area contributed by atoms with Gasteiger partial charge in [-0.2, -0.15) is 9.99 Å². The van der Waals surface area contributed by atoms with Gasteiger partial charge < -0.3 is 4.74 Å². The second-order valence-corrected chi connectivity index (χ2v) is 5.48. The fraction of sp³-hybridized carbons (Fsp3) is 0.100. The molecule has 1 aromatic heterocycles. The summed E-state index contributed by atoms with van der Waals surface area (Å²) in [6.45, 7) is 0.993. The van der Waals surface area contributed by atoms with Gasteiger partial charge in [-0.15, -0.1) is 0 Å². The number of nitrogens with zero attached hydrogens (tertiary/aromatic N) is 1. The Bertz CT molecular complexity index is 790. The van der Waals surface area contributed by atoms with Gasteiger partial charge in [0, 0.05) is 17.7 Å². The Morgan fingerprint density at radius 1 is 0.880 bits per heavy atom. The van der Waals surface area contributed by atoms with Crippen LogP contribution in [-0.2, 0) is 13.3 Å². The zero-order valence-corrected chi connectivity index (χ0v) is 13.8. The molecule has 5 nitrogen and oxygen atoms in total. The summed E-state index contributed by atoms with van der Waals surface area (Å²) in [6, 6.07) is 22.8. The van der Waals surface area contributed by atoms with Gasteiger partial charge in [-0.25, -0.2) is 0 Å². The first-order valence-corrected chi connectivity index (χ1v) is 8.05. The Morgan fingerprint density at radius 3 is 2.28 bits per heavy atom. The van der Waals surface area contributed by atoms with Crippen LogP contribution in [0.15, 0.2) is 85.2 Å². The van der Waals surface area contributed by atoms with Gasteiger partial charge in [-0.05, 0) is 29.8 Å².